The second-order valence-corrected chi connectivity index (χ2v) is 3.84. The lowest BCUT2D eigenvalue weighted by Gasteiger charge is -2.05. The molecule has 0 unspecified atom stereocenters. The van der Waals surface area contributed by atoms with Gasteiger partial charge in [-0.25, -0.2) is 0 Å². The molecule has 0 spiro atoms. The molecule has 1 aromatic heterocycles. The summed E-state index contributed by atoms with van der Waals surface area (Å²) in [4.78, 5) is 11.8. The zero-order chi connectivity index (χ0) is 11.5. The fourth-order valence-electron chi connectivity index (χ4n) is 1.19. The first-order valence-electron chi connectivity index (χ1n) is 4.44. The largest absolute Gasteiger partial charge is 0.398 e. The summed E-state index contributed by atoms with van der Waals surface area (Å²) in [6.07, 6.45) is 1.38. The number of nitrogen functional groups attached to an aromatic ring is 1. The first-order valence-corrected chi connectivity index (χ1v) is 5.23. The van der Waals surface area contributed by atoms with Crippen LogP contribution >= 0.6 is 15.9 Å². The summed E-state index contributed by atoms with van der Waals surface area (Å²) in [5, 5.41) is 6.16. The molecule has 1 amide bonds. The quantitative estimate of drug-likeness (QED) is 0.828. The molecule has 0 bridgehead atoms. The van der Waals surface area contributed by atoms with E-state index in [9.17, 15) is 4.79 Å². The fraction of sp³-hybridized carbons (Fsp3) is 0. The zero-order valence-electron chi connectivity index (χ0n) is 8.11. The van der Waals surface area contributed by atoms with Crippen LogP contribution in [0.5, 0.6) is 0 Å². The lowest BCUT2D eigenvalue weighted by molar-refractivity contribution is 0.102. The van der Waals surface area contributed by atoms with Crippen molar-refractivity contribution in [2.24, 2.45) is 0 Å². The minimum absolute atomic E-state index is 0.298. The van der Waals surface area contributed by atoms with E-state index in [0.717, 1.165) is 0 Å². The highest BCUT2D eigenvalue weighted by Crippen LogP contribution is 2.24. The highest BCUT2D eigenvalue weighted by molar-refractivity contribution is 9.10. The molecule has 82 valence electrons. The Morgan fingerprint density at radius 3 is 2.94 bits per heavy atom. The third kappa shape index (κ3) is 2.06. The monoisotopic (exact) mass is 281 g/mol. The van der Waals surface area contributed by atoms with Crippen LogP contribution in [0, 0.1) is 0 Å². The Bertz CT molecular complexity index is 511. The minimum atomic E-state index is -0.298. The van der Waals surface area contributed by atoms with Gasteiger partial charge in [-0.05, 0) is 28.1 Å². The van der Waals surface area contributed by atoms with Crippen LogP contribution in [0.4, 0.5) is 11.5 Å². The van der Waals surface area contributed by atoms with Gasteiger partial charge in [-0.2, -0.15) is 0 Å². The third-order valence-corrected chi connectivity index (χ3v) is 2.84. The molecule has 5 nitrogen and oxygen atoms in total. The third-order valence-electron chi connectivity index (χ3n) is 1.95. The fourth-order valence-corrected chi connectivity index (χ4v) is 1.63. The number of benzene rings is 1. The number of hydrogen-bond acceptors (Lipinski definition) is 4. The Morgan fingerprint density at radius 1 is 1.44 bits per heavy atom. The van der Waals surface area contributed by atoms with Gasteiger partial charge < -0.3 is 15.6 Å². The molecule has 2 aromatic rings. The van der Waals surface area contributed by atoms with E-state index in [1.165, 1.54) is 6.26 Å². The standard InChI is InChI=1S/C10H8BrN3O2/c11-9-6(2-1-3-7(9)12)10(15)13-8-4-5-16-14-8/h1-5H,12H2,(H,13,14,15). The maximum absolute atomic E-state index is 11.8. The van der Waals surface area contributed by atoms with Gasteiger partial charge in [0.15, 0.2) is 5.82 Å². The maximum Gasteiger partial charge on any atom is 0.258 e. The lowest BCUT2D eigenvalue weighted by Crippen LogP contribution is -2.13. The van der Waals surface area contributed by atoms with Crippen molar-refractivity contribution in [1.82, 2.24) is 5.16 Å². The molecule has 0 radical (unpaired) electrons. The highest BCUT2D eigenvalue weighted by atomic mass is 79.9. The molecule has 3 N–H and O–H groups in total. The molecule has 6 heteroatoms. The van der Waals surface area contributed by atoms with Crippen LogP contribution in [0.3, 0.4) is 0 Å². The SMILES string of the molecule is Nc1cccc(C(=O)Nc2ccon2)c1Br. The van der Waals surface area contributed by atoms with Crippen molar-refractivity contribution < 1.29 is 9.32 Å². The van der Waals surface area contributed by atoms with Gasteiger partial charge in [0.25, 0.3) is 5.91 Å². The first-order chi connectivity index (χ1) is 7.68. The average molecular weight is 282 g/mol. The summed E-state index contributed by atoms with van der Waals surface area (Å²) < 4.78 is 5.17. The number of aromatic nitrogens is 1. The Morgan fingerprint density at radius 2 is 2.25 bits per heavy atom. The van der Waals surface area contributed by atoms with Gasteiger partial charge in [-0.3, -0.25) is 4.79 Å². The van der Waals surface area contributed by atoms with Crippen molar-refractivity contribution in [2.45, 2.75) is 0 Å². The van der Waals surface area contributed by atoms with E-state index < -0.39 is 0 Å². The minimum Gasteiger partial charge on any atom is -0.398 e. The predicted octanol–water partition coefficient (Wildman–Crippen LogP) is 2.27. The summed E-state index contributed by atoms with van der Waals surface area (Å²) in [5.74, 6) is 0.0624. The smallest absolute Gasteiger partial charge is 0.258 e. The molecule has 1 aromatic carbocycles. The van der Waals surface area contributed by atoms with Gasteiger partial charge in [-0.1, -0.05) is 11.2 Å². The summed E-state index contributed by atoms with van der Waals surface area (Å²) in [6.45, 7) is 0. The van der Waals surface area contributed by atoms with Gasteiger partial charge >= 0.3 is 0 Å². The normalized spacial score (nSPS) is 10.1. The second kappa shape index (κ2) is 4.36. The van der Waals surface area contributed by atoms with Crippen LogP contribution < -0.4 is 11.1 Å². The second-order valence-electron chi connectivity index (χ2n) is 3.05. The van der Waals surface area contributed by atoms with E-state index >= 15 is 0 Å². The summed E-state index contributed by atoms with van der Waals surface area (Å²) in [5.41, 5.74) is 6.63. The van der Waals surface area contributed by atoms with Crippen molar-refractivity contribution in [1.29, 1.82) is 0 Å². The Hall–Kier alpha value is -1.82. The molecule has 0 aliphatic carbocycles. The van der Waals surface area contributed by atoms with E-state index in [0.29, 0.717) is 21.5 Å². The van der Waals surface area contributed by atoms with Gasteiger partial charge in [-0.15, -0.1) is 0 Å². The molecule has 0 fully saturated rings. The van der Waals surface area contributed by atoms with E-state index in [4.69, 9.17) is 5.73 Å². The number of hydrogen-bond donors (Lipinski definition) is 2. The number of anilines is 2. The summed E-state index contributed by atoms with van der Waals surface area (Å²) in [7, 11) is 0. The van der Waals surface area contributed by atoms with Gasteiger partial charge in [0.05, 0.1) is 10.0 Å². The molecule has 0 aliphatic rings. The molecule has 0 atom stereocenters. The first kappa shape index (κ1) is 10.7. The summed E-state index contributed by atoms with van der Waals surface area (Å²) in [6, 6.07) is 6.63. The molecule has 0 saturated heterocycles. The van der Waals surface area contributed by atoms with Crippen molar-refractivity contribution in [3.63, 3.8) is 0 Å². The van der Waals surface area contributed by atoms with Gasteiger partial charge in [0.2, 0.25) is 0 Å². The van der Waals surface area contributed by atoms with Crippen molar-refractivity contribution in [3.8, 4) is 0 Å². The summed E-state index contributed by atoms with van der Waals surface area (Å²) >= 11 is 3.26. The Labute approximate surface area is 99.7 Å². The number of nitrogens with zero attached hydrogens (tertiary/aromatic N) is 1. The maximum atomic E-state index is 11.8. The Balaban J connectivity index is 2.24. The van der Waals surface area contributed by atoms with Crippen molar-refractivity contribution >= 4 is 33.3 Å². The molecule has 16 heavy (non-hydrogen) atoms. The zero-order valence-corrected chi connectivity index (χ0v) is 9.69. The number of amides is 1. The number of halogens is 1. The number of rotatable bonds is 2. The number of carbonyl (C=O) groups excluding carboxylic acids is 1. The van der Waals surface area contributed by atoms with E-state index in [-0.39, 0.29) is 5.91 Å². The van der Waals surface area contributed by atoms with Crippen LogP contribution in [-0.4, -0.2) is 11.1 Å². The molecule has 1 heterocycles. The number of nitrogens with two attached hydrogens (primary N) is 1. The Kier molecular flexibility index (Phi) is 2.91. The number of nitrogens with one attached hydrogen (secondary N) is 1. The molecule has 2 rings (SSSR count). The average Bonchev–Trinajstić information content (AvgIpc) is 2.74. The number of carbonyl (C=O) groups is 1. The van der Waals surface area contributed by atoms with E-state index in [1.54, 1.807) is 24.3 Å². The van der Waals surface area contributed by atoms with Gasteiger partial charge in [0.1, 0.15) is 6.26 Å². The molecular formula is C10H8BrN3O2. The van der Waals surface area contributed by atoms with Crippen molar-refractivity contribution in [2.75, 3.05) is 11.1 Å². The van der Waals surface area contributed by atoms with Crippen molar-refractivity contribution in [3.05, 3.63) is 40.6 Å². The van der Waals surface area contributed by atoms with Crippen LogP contribution in [0.2, 0.25) is 0 Å². The van der Waals surface area contributed by atoms with Crippen LogP contribution in [0.15, 0.2) is 39.5 Å². The van der Waals surface area contributed by atoms with Crippen LogP contribution in [0.1, 0.15) is 10.4 Å². The van der Waals surface area contributed by atoms with Crippen LogP contribution in [-0.2, 0) is 0 Å². The van der Waals surface area contributed by atoms with Gasteiger partial charge in [0, 0.05) is 11.8 Å². The van der Waals surface area contributed by atoms with Crippen LogP contribution in [0.25, 0.3) is 0 Å². The highest BCUT2D eigenvalue weighted by Gasteiger charge is 2.12. The lowest BCUT2D eigenvalue weighted by atomic mass is 10.2. The van der Waals surface area contributed by atoms with E-state index in [1.807, 2.05) is 0 Å². The predicted molar refractivity (Wildman–Crippen MR) is 63.0 cm³/mol. The molecule has 0 aliphatic heterocycles. The topological polar surface area (TPSA) is 81.2 Å². The van der Waals surface area contributed by atoms with E-state index in [2.05, 4.69) is 30.9 Å². The molecular weight excluding hydrogens is 274 g/mol. The molecule has 0 saturated carbocycles.